The molecule has 664 valence electrons. The van der Waals surface area contributed by atoms with Crippen LogP contribution < -0.4 is 0 Å². The van der Waals surface area contributed by atoms with Crippen LogP contribution in [0.25, 0.3) is 0 Å². The number of ether oxygens (including phenoxy) is 6. The standard InChI is InChI=1S/C52H99NO8.C46H91NO4/c1-5-9-12-15-18-27-36-45-58-50(55)39-30-23-19-25-33-42-53(44-35-32-40-51(56)60-47-46-59-49(54)8-4)43-34-26-20-24-31-41-52(57)61-48(37-28-21-16-13-10-6-2)38-29-22-17-14-11-7-3;1-5-9-13-16-22-29-36-44(37-30-23-17-14-10-6-2)51-46(49)39-32-25-21-27-34-42-47(40-12-8-4)41-33-26-20-18-19-24-31-38-45(48)50-43-35-28-15-11-7-3/h48H,5-47H2,1-4H3;44H,5-43H2,1-4H3. The third-order valence-corrected chi connectivity index (χ3v) is 22.4. The summed E-state index contributed by atoms with van der Waals surface area (Å²) in [5, 5.41) is 0. The van der Waals surface area contributed by atoms with Gasteiger partial charge in [0.05, 0.1) is 13.2 Å². The number of esters is 6. The molecule has 0 spiro atoms. The molecule has 0 saturated heterocycles. The molecular formula is C98H190N2O12. The summed E-state index contributed by atoms with van der Waals surface area (Å²) in [5.74, 6) is -0.533. The summed E-state index contributed by atoms with van der Waals surface area (Å²) in [5.41, 5.74) is 0. The Morgan fingerprint density at radius 3 is 0.643 bits per heavy atom. The van der Waals surface area contributed by atoms with Gasteiger partial charge in [-0.1, -0.05) is 344 Å². The highest BCUT2D eigenvalue weighted by atomic mass is 16.6. The minimum absolute atomic E-state index is 0.00116. The van der Waals surface area contributed by atoms with Crippen molar-refractivity contribution in [1.29, 1.82) is 0 Å². The van der Waals surface area contributed by atoms with Gasteiger partial charge in [0, 0.05) is 38.5 Å². The van der Waals surface area contributed by atoms with Gasteiger partial charge in [0.15, 0.2) is 0 Å². The molecule has 0 unspecified atom stereocenters. The van der Waals surface area contributed by atoms with E-state index in [1.54, 1.807) is 6.92 Å². The Balaban J connectivity index is 0. The second-order valence-electron chi connectivity index (χ2n) is 33.5. The zero-order valence-electron chi connectivity index (χ0n) is 75.9. The van der Waals surface area contributed by atoms with E-state index >= 15 is 0 Å². The van der Waals surface area contributed by atoms with E-state index in [1.165, 1.54) is 283 Å². The molecule has 0 N–H and O–H groups in total. The molecule has 0 fully saturated rings. The molecule has 0 saturated carbocycles. The van der Waals surface area contributed by atoms with Crippen LogP contribution in [-0.2, 0) is 57.2 Å². The van der Waals surface area contributed by atoms with Gasteiger partial charge in [-0.05, 0) is 174 Å². The van der Waals surface area contributed by atoms with Crippen molar-refractivity contribution in [2.24, 2.45) is 0 Å². The molecule has 14 heteroatoms. The van der Waals surface area contributed by atoms with Gasteiger partial charge < -0.3 is 38.2 Å². The van der Waals surface area contributed by atoms with Gasteiger partial charge in [0.2, 0.25) is 0 Å². The minimum atomic E-state index is -0.286. The van der Waals surface area contributed by atoms with E-state index in [1.807, 2.05) is 0 Å². The smallest absolute Gasteiger partial charge is 0.306 e. The second kappa shape index (κ2) is 93.2. The number of hydrogen-bond acceptors (Lipinski definition) is 14. The van der Waals surface area contributed by atoms with Crippen molar-refractivity contribution in [3.63, 3.8) is 0 Å². The fourth-order valence-corrected chi connectivity index (χ4v) is 14.9. The summed E-state index contributed by atoms with van der Waals surface area (Å²) < 4.78 is 33.2. The molecule has 0 radical (unpaired) electrons. The predicted octanol–water partition coefficient (Wildman–Crippen LogP) is 28.8. The molecule has 0 aliphatic heterocycles. The molecule has 0 aromatic carbocycles. The van der Waals surface area contributed by atoms with Crippen LogP contribution >= 0.6 is 0 Å². The summed E-state index contributed by atoms with van der Waals surface area (Å²) in [6, 6.07) is 0. The highest BCUT2D eigenvalue weighted by Gasteiger charge is 2.18. The van der Waals surface area contributed by atoms with Gasteiger partial charge in [-0.15, -0.1) is 0 Å². The van der Waals surface area contributed by atoms with Crippen LogP contribution in [0.4, 0.5) is 0 Å². The Labute approximate surface area is 694 Å². The first-order valence-corrected chi connectivity index (χ1v) is 49.4. The topological polar surface area (TPSA) is 164 Å². The van der Waals surface area contributed by atoms with Crippen molar-refractivity contribution in [3.05, 3.63) is 0 Å². The molecule has 14 nitrogen and oxygen atoms in total. The molecule has 0 bridgehead atoms. The van der Waals surface area contributed by atoms with Crippen molar-refractivity contribution in [2.75, 3.05) is 65.7 Å². The molecule has 0 heterocycles. The predicted molar refractivity (Wildman–Crippen MR) is 474 cm³/mol. The molecule has 0 amide bonds. The number of nitrogens with zero attached hydrogens (tertiary/aromatic N) is 2. The zero-order chi connectivity index (χ0) is 82.0. The first-order chi connectivity index (χ1) is 54.9. The Bertz CT molecular complexity index is 1940. The first-order valence-electron chi connectivity index (χ1n) is 49.4. The van der Waals surface area contributed by atoms with E-state index in [4.69, 9.17) is 28.4 Å². The van der Waals surface area contributed by atoms with E-state index in [0.29, 0.717) is 51.7 Å². The van der Waals surface area contributed by atoms with Crippen molar-refractivity contribution < 1.29 is 57.2 Å². The zero-order valence-corrected chi connectivity index (χ0v) is 75.9. The van der Waals surface area contributed by atoms with Crippen molar-refractivity contribution in [3.8, 4) is 0 Å². The summed E-state index contributed by atoms with van der Waals surface area (Å²) in [6.45, 7) is 25.6. The second-order valence-corrected chi connectivity index (χ2v) is 33.5. The van der Waals surface area contributed by atoms with Gasteiger partial charge in [0.1, 0.15) is 25.4 Å². The monoisotopic (exact) mass is 1590 g/mol. The lowest BCUT2D eigenvalue weighted by Gasteiger charge is -2.22. The SMILES string of the molecule is CCCCCCCCC(CCCCCCCC)OC(=O)CCCCCCCN(CCCC)CCCCCCCCCC(=O)OCCCCCCC.CCCCCCCCCOC(=O)CCCCCCCN(CCCCCCCC(=O)OC(CCCCCCCC)CCCCCCCC)CCCCC(=O)OCCOC(=O)CC. The normalized spacial score (nSPS) is 11.5. The van der Waals surface area contributed by atoms with E-state index < -0.39 is 0 Å². The largest absolute Gasteiger partial charge is 0.466 e. The average molecular weight is 1590 g/mol. The lowest BCUT2D eigenvalue weighted by Crippen LogP contribution is -2.27. The van der Waals surface area contributed by atoms with E-state index in [0.717, 1.165) is 180 Å². The molecule has 0 aliphatic rings. The molecule has 0 aromatic heterocycles. The third-order valence-electron chi connectivity index (χ3n) is 22.4. The van der Waals surface area contributed by atoms with Crippen molar-refractivity contribution in [2.45, 2.75) is 530 Å². The van der Waals surface area contributed by atoms with Crippen LogP contribution in [0.1, 0.15) is 518 Å². The van der Waals surface area contributed by atoms with Gasteiger partial charge >= 0.3 is 35.8 Å². The summed E-state index contributed by atoms with van der Waals surface area (Å²) in [6.07, 6.45) is 82.0. The highest BCUT2D eigenvalue weighted by molar-refractivity contribution is 5.71. The maximum Gasteiger partial charge on any atom is 0.306 e. The molecule has 0 aromatic rings. The lowest BCUT2D eigenvalue weighted by atomic mass is 10.0. The van der Waals surface area contributed by atoms with Gasteiger partial charge in [-0.25, -0.2) is 0 Å². The highest BCUT2D eigenvalue weighted by Crippen LogP contribution is 2.23. The molecule has 0 rings (SSSR count). The number of rotatable bonds is 90. The van der Waals surface area contributed by atoms with Crippen molar-refractivity contribution in [1.82, 2.24) is 9.80 Å². The quantitative estimate of drug-likeness (QED) is 0.0321. The molecule has 0 aliphatic carbocycles. The third kappa shape index (κ3) is 87.6. The number of carbonyl (C=O) groups is 6. The summed E-state index contributed by atoms with van der Waals surface area (Å²) in [4.78, 5) is 78.3. The van der Waals surface area contributed by atoms with E-state index in [2.05, 4.69) is 58.3 Å². The first kappa shape index (κ1) is 111. The molecule has 0 atom stereocenters. The molecule has 112 heavy (non-hydrogen) atoms. The van der Waals surface area contributed by atoms with Crippen LogP contribution in [0, 0.1) is 0 Å². The lowest BCUT2D eigenvalue weighted by molar-refractivity contribution is -0.152. The van der Waals surface area contributed by atoms with Crippen LogP contribution in [0.5, 0.6) is 0 Å². The number of hydrogen-bond donors (Lipinski definition) is 0. The maximum absolute atomic E-state index is 12.9. The Morgan fingerprint density at radius 2 is 0.375 bits per heavy atom. The van der Waals surface area contributed by atoms with Gasteiger partial charge in [-0.2, -0.15) is 0 Å². The number of carbonyl (C=O) groups excluding carboxylic acids is 6. The Hall–Kier alpha value is -3.26. The van der Waals surface area contributed by atoms with E-state index in [9.17, 15) is 28.8 Å². The fraction of sp³-hybridized carbons (Fsp3) is 0.939. The van der Waals surface area contributed by atoms with Crippen LogP contribution in [0.2, 0.25) is 0 Å². The summed E-state index contributed by atoms with van der Waals surface area (Å²) >= 11 is 0. The van der Waals surface area contributed by atoms with Crippen LogP contribution in [0.3, 0.4) is 0 Å². The fourth-order valence-electron chi connectivity index (χ4n) is 14.9. The average Bonchev–Trinajstić information content (AvgIpc) is 0.964. The van der Waals surface area contributed by atoms with Crippen molar-refractivity contribution >= 4 is 35.8 Å². The number of unbranched alkanes of at least 4 members (excludes halogenated alkanes) is 50. The van der Waals surface area contributed by atoms with Crippen LogP contribution in [0.15, 0.2) is 0 Å². The Morgan fingerprint density at radius 1 is 0.188 bits per heavy atom. The van der Waals surface area contributed by atoms with Crippen LogP contribution in [-0.4, -0.2) is 124 Å². The van der Waals surface area contributed by atoms with Gasteiger partial charge in [-0.3, -0.25) is 28.8 Å². The summed E-state index contributed by atoms with van der Waals surface area (Å²) in [7, 11) is 0. The minimum Gasteiger partial charge on any atom is -0.466 e. The maximum atomic E-state index is 12.9. The molecular weight excluding hydrogens is 1400 g/mol. The Kier molecular flexibility index (Phi) is 92.2. The van der Waals surface area contributed by atoms with Gasteiger partial charge in [0.25, 0.3) is 0 Å². The van der Waals surface area contributed by atoms with E-state index in [-0.39, 0.29) is 61.2 Å².